The maximum Gasteiger partial charge on any atom is 0.239 e. The van der Waals surface area contributed by atoms with Crippen LogP contribution in [0.2, 0.25) is 0 Å². The molecular formula is C40H62N6O4S. The highest BCUT2D eigenvalue weighted by Gasteiger charge is 2.34. The van der Waals surface area contributed by atoms with Crippen LogP contribution in [0, 0.1) is 11.8 Å². The molecule has 0 aliphatic carbocycles. The second kappa shape index (κ2) is 15.1. The average Bonchev–Trinajstić information content (AvgIpc) is 3.63. The molecular weight excluding hydrogens is 661 g/mol. The fourth-order valence-electron chi connectivity index (χ4n) is 7.04. The summed E-state index contributed by atoms with van der Waals surface area (Å²) in [5.41, 5.74) is 5.94. The van der Waals surface area contributed by atoms with Gasteiger partial charge in [0.25, 0.3) is 0 Å². The highest BCUT2D eigenvalue weighted by Crippen LogP contribution is 2.33. The second-order valence-corrected chi connectivity index (χ2v) is 20.1. The number of nitrogens with one attached hydrogen (secondary N) is 1. The molecule has 282 valence electrons. The number of hydrogen-bond acceptors (Lipinski definition) is 7. The first-order valence-electron chi connectivity index (χ1n) is 18.6. The largest absolute Gasteiger partial charge is 0.388 e. The van der Waals surface area contributed by atoms with Gasteiger partial charge in [-0.15, -0.1) is 0 Å². The third-order valence-corrected chi connectivity index (χ3v) is 12.7. The number of anilines is 2. The van der Waals surface area contributed by atoms with Crippen molar-refractivity contribution in [3.8, 4) is 0 Å². The third kappa shape index (κ3) is 8.74. The molecule has 51 heavy (non-hydrogen) atoms. The first-order chi connectivity index (χ1) is 23.8. The van der Waals surface area contributed by atoms with Gasteiger partial charge >= 0.3 is 0 Å². The quantitative estimate of drug-likeness (QED) is 0.206. The highest BCUT2D eigenvalue weighted by atomic mass is 32.2. The van der Waals surface area contributed by atoms with E-state index in [1.807, 2.05) is 25.2 Å². The zero-order chi connectivity index (χ0) is 37.4. The summed E-state index contributed by atoms with van der Waals surface area (Å²) in [6, 6.07) is 12.3. The van der Waals surface area contributed by atoms with E-state index in [4.69, 9.17) is 19.4 Å². The fourth-order valence-corrected chi connectivity index (χ4v) is 8.25. The number of rotatable bonds is 7. The van der Waals surface area contributed by atoms with Gasteiger partial charge in [0.2, 0.25) is 10.0 Å². The van der Waals surface area contributed by atoms with Crippen molar-refractivity contribution in [2.75, 3.05) is 50.1 Å². The Morgan fingerprint density at radius 2 is 1.16 bits per heavy atom. The standard InChI is InChI=1S/C22H35N3O3S.C18H27N3O/c1-21(2,3)20-23-18-14-17(24(7)29(26,27)22(4,5)6)8-9-19(18)25(20)15-16-10-12-28-13-11-16;1-18(2,3)17-20-15-11-14(19-4)5-6-16(15)21(17)12-13-7-9-22-10-8-13/h8-9,14,16H,10-13,15H2,1-7H3;5-6,11,13,19H,7-10,12H2,1-4H3. The Bertz CT molecular complexity index is 1900. The van der Waals surface area contributed by atoms with E-state index in [2.05, 4.69) is 74.2 Å². The molecule has 0 spiro atoms. The number of fused-ring (bicyclic) bond motifs is 2. The second-order valence-electron chi connectivity index (χ2n) is 17.4. The lowest BCUT2D eigenvalue weighted by Gasteiger charge is -2.28. The number of hydrogen-bond donors (Lipinski definition) is 1. The Hall–Kier alpha value is -3.15. The van der Waals surface area contributed by atoms with E-state index in [1.54, 1.807) is 27.8 Å². The minimum Gasteiger partial charge on any atom is -0.388 e. The van der Waals surface area contributed by atoms with Gasteiger partial charge in [-0.2, -0.15) is 0 Å². The van der Waals surface area contributed by atoms with Crippen LogP contribution in [0.5, 0.6) is 0 Å². The van der Waals surface area contributed by atoms with Gasteiger partial charge in [-0.3, -0.25) is 4.31 Å². The molecule has 1 N–H and O–H groups in total. The maximum atomic E-state index is 12.9. The van der Waals surface area contributed by atoms with E-state index in [1.165, 1.54) is 15.6 Å². The van der Waals surface area contributed by atoms with Gasteiger partial charge in [-0.1, -0.05) is 41.5 Å². The lowest BCUT2D eigenvalue weighted by Crippen LogP contribution is -2.40. The van der Waals surface area contributed by atoms with Gasteiger partial charge in [-0.05, 0) is 94.7 Å². The Morgan fingerprint density at radius 1 is 0.725 bits per heavy atom. The summed E-state index contributed by atoms with van der Waals surface area (Å²) in [5.74, 6) is 3.49. The molecule has 6 rings (SSSR count). The van der Waals surface area contributed by atoms with Gasteiger partial charge in [0, 0.05) is 70.1 Å². The summed E-state index contributed by atoms with van der Waals surface area (Å²) in [4.78, 5) is 9.90. The molecule has 11 heteroatoms. The molecule has 2 aromatic carbocycles. The lowest BCUT2D eigenvalue weighted by atomic mass is 9.94. The molecule has 2 aromatic heterocycles. The van der Waals surface area contributed by atoms with Crippen LogP contribution in [0.4, 0.5) is 11.4 Å². The number of ether oxygens (including phenoxy) is 2. The molecule has 4 heterocycles. The predicted molar refractivity (Wildman–Crippen MR) is 211 cm³/mol. The van der Waals surface area contributed by atoms with Crippen LogP contribution >= 0.6 is 0 Å². The van der Waals surface area contributed by atoms with Crippen molar-refractivity contribution >= 4 is 43.5 Å². The number of imidazole rings is 2. The molecule has 0 unspecified atom stereocenters. The van der Waals surface area contributed by atoms with E-state index >= 15 is 0 Å². The smallest absolute Gasteiger partial charge is 0.239 e. The molecule has 0 atom stereocenters. The summed E-state index contributed by atoms with van der Waals surface area (Å²) < 4.78 is 42.0. The molecule has 2 aliphatic rings. The first-order valence-corrected chi connectivity index (χ1v) is 20.1. The van der Waals surface area contributed by atoms with Gasteiger partial charge in [-0.25, -0.2) is 18.4 Å². The summed E-state index contributed by atoms with van der Waals surface area (Å²) in [6.45, 7) is 23.8. The Morgan fingerprint density at radius 3 is 1.57 bits per heavy atom. The maximum absolute atomic E-state index is 12.9. The fraction of sp³-hybridized carbons (Fsp3) is 0.650. The number of benzene rings is 2. The molecule has 2 saturated heterocycles. The van der Waals surface area contributed by atoms with Crippen LogP contribution in [0.3, 0.4) is 0 Å². The van der Waals surface area contributed by atoms with Crippen LogP contribution in [0.25, 0.3) is 22.1 Å². The van der Waals surface area contributed by atoms with E-state index in [0.29, 0.717) is 17.5 Å². The van der Waals surface area contributed by atoms with Crippen molar-refractivity contribution in [3.05, 3.63) is 48.0 Å². The van der Waals surface area contributed by atoms with Gasteiger partial charge < -0.3 is 23.9 Å². The zero-order valence-corrected chi connectivity index (χ0v) is 33.8. The Balaban J connectivity index is 0.000000205. The molecule has 4 aromatic rings. The minimum absolute atomic E-state index is 0.0456. The average molecular weight is 723 g/mol. The van der Waals surface area contributed by atoms with Crippen molar-refractivity contribution < 1.29 is 17.9 Å². The van der Waals surface area contributed by atoms with Crippen molar-refractivity contribution in [1.82, 2.24) is 19.1 Å². The zero-order valence-electron chi connectivity index (χ0n) is 33.0. The summed E-state index contributed by atoms with van der Waals surface area (Å²) in [6.07, 6.45) is 4.43. The molecule has 10 nitrogen and oxygen atoms in total. The van der Waals surface area contributed by atoms with Crippen LogP contribution in [0.1, 0.15) is 99.6 Å². The van der Waals surface area contributed by atoms with E-state index in [9.17, 15) is 8.42 Å². The lowest BCUT2D eigenvalue weighted by molar-refractivity contribution is 0.0610. The minimum atomic E-state index is -3.47. The normalized spacial score (nSPS) is 17.1. The summed E-state index contributed by atoms with van der Waals surface area (Å²) in [7, 11) is 0.0981. The van der Waals surface area contributed by atoms with Crippen LogP contribution in [-0.2, 0) is 43.4 Å². The Labute approximate surface area is 306 Å². The van der Waals surface area contributed by atoms with E-state index in [0.717, 1.165) is 93.3 Å². The van der Waals surface area contributed by atoms with Gasteiger partial charge in [0.15, 0.2) is 0 Å². The summed E-state index contributed by atoms with van der Waals surface area (Å²) in [5, 5.41) is 3.20. The van der Waals surface area contributed by atoms with Crippen molar-refractivity contribution in [2.45, 2.75) is 117 Å². The number of sulfonamides is 1. The first kappa shape index (κ1) is 39.1. The summed E-state index contributed by atoms with van der Waals surface area (Å²) >= 11 is 0. The monoisotopic (exact) mass is 722 g/mol. The number of nitrogens with zero attached hydrogens (tertiary/aromatic N) is 5. The van der Waals surface area contributed by atoms with Gasteiger partial charge in [0.1, 0.15) is 11.6 Å². The van der Waals surface area contributed by atoms with E-state index in [-0.39, 0.29) is 10.8 Å². The molecule has 0 amide bonds. The molecule has 0 saturated carbocycles. The Kier molecular flexibility index (Phi) is 11.5. The topological polar surface area (TPSA) is 104 Å². The SMILES string of the molecule is CN(c1ccc2c(c1)nc(C(C)(C)C)n2CC1CCOCC1)S(=O)(=O)C(C)(C)C.CNc1ccc2c(c1)nc(C(C)(C)C)n2CC1CCOCC1. The van der Waals surface area contributed by atoms with Crippen molar-refractivity contribution in [3.63, 3.8) is 0 Å². The molecule has 0 bridgehead atoms. The van der Waals surface area contributed by atoms with Crippen LogP contribution in [-0.4, -0.2) is 72.8 Å². The molecule has 0 radical (unpaired) electrons. The van der Waals surface area contributed by atoms with Crippen molar-refractivity contribution in [2.24, 2.45) is 11.8 Å². The molecule has 2 aliphatic heterocycles. The van der Waals surface area contributed by atoms with Crippen LogP contribution in [0.15, 0.2) is 36.4 Å². The number of aromatic nitrogens is 4. The highest BCUT2D eigenvalue weighted by molar-refractivity contribution is 7.94. The molecule has 2 fully saturated rings. The third-order valence-electron chi connectivity index (χ3n) is 10.2. The predicted octanol–water partition coefficient (Wildman–Crippen LogP) is 8.13. The van der Waals surface area contributed by atoms with E-state index < -0.39 is 14.8 Å². The van der Waals surface area contributed by atoms with Crippen LogP contribution < -0.4 is 9.62 Å². The van der Waals surface area contributed by atoms with Crippen molar-refractivity contribution in [1.29, 1.82) is 0 Å². The van der Waals surface area contributed by atoms with Gasteiger partial charge in [0.05, 0.1) is 32.5 Å².